The molecule has 114 valence electrons. The van der Waals surface area contributed by atoms with Gasteiger partial charge in [-0.2, -0.15) is 0 Å². The van der Waals surface area contributed by atoms with Crippen molar-refractivity contribution in [3.63, 3.8) is 0 Å². The van der Waals surface area contributed by atoms with Crippen LogP contribution in [0.2, 0.25) is 0 Å². The van der Waals surface area contributed by atoms with Crippen LogP contribution in [0.4, 0.5) is 8.78 Å². The van der Waals surface area contributed by atoms with Crippen LogP contribution in [0, 0.1) is 11.8 Å². The highest BCUT2D eigenvalue weighted by Gasteiger charge is 2.26. The van der Waals surface area contributed by atoms with E-state index in [4.69, 9.17) is 4.74 Å². The van der Waals surface area contributed by atoms with Crippen molar-refractivity contribution in [2.75, 3.05) is 19.8 Å². The molecule has 1 saturated carbocycles. The number of halogens is 2. The van der Waals surface area contributed by atoms with Crippen molar-refractivity contribution in [3.8, 4) is 0 Å². The summed E-state index contributed by atoms with van der Waals surface area (Å²) in [5.41, 5.74) is 0. The fourth-order valence-corrected chi connectivity index (χ4v) is 3.06. The lowest BCUT2D eigenvalue weighted by Crippen LogP contribution is -2.39. The van der Waals surface area contributed by atoms with Crippen molar-refractivity contribution in [1.29, 1.82) is 0 Å². The van der Waals surface area contributed by atoms with Gasteiger partial charge in [-0.05, 0) is 44.1 Å². The summed E-state index contributed by atoms with van der Waals surface area (Å²) in [6, 6.07) is 0.431. The van der Waals surface area contributed by atoms with Gasteiger partial charge in [-0.15, -0.1) is 0 Å². The minimum absolute atomic E-state index is 0.429. The third-order valence-corrected chi connectivity index (χ3v) is 4.02. The highest BCUT2D eigenvalue weighted by Crippen LogP contribution is 2.31. The molecule has 4 heteroatoms. The van der Waals surface area contributed by atoms with Crippen LogP contribution in [0.1, 0.15) is 52.4 Å². The van der Waals surface area contributed by atoms with Crippen LogP contribution in [0.3, 0.4) is 0 Å². The molecule has 0 saturated heterocycles. The van der Waals surface area contributed by atoms with Crippen LogP contribution in [-0.2, 0) is 4.74 Å². The second-order valence-electron chi connectivity index (χ2n) is 5.85. The van der Waals surface area contributed by atoms with Gasteiger partial charge in [0.05, 0.1) is 0 Å². The Hall–Kier alpha value is -0.220. The van der Waals surface area contributed by atoms with Gasteiger partial charge < -0.3 is 10.1 Å². The Morgan fingerprint density at radius 2 is 2.11 bits per heavy atom. The number of alkyl halides is 2. The molecule has 19 heavy (non-hydrogen) atoms. The summed E-state index contributed by atoms with van der Waals surface area (Å²) in [6.07, 6.45) is 4.77. The standard InChI is InChI=1S/C15H29F2NO/c1-3-8-18-14(7-9-19-11-15(16)17)13-6-4-5-12(2)10-13/h12-15,18H,3-11H2,1-2H3. The van der Waals surface area contributed by atoms with Crippen LogP contribution in [0.5, 0.6) is 0 Å². The molecular formula is C15H29F2NO. The molecule has 0 heterocycles. The number of rotatable bonds is 9. The van der Waals surface area contributed by atoms with Gasteiger partial charge in [-0.1, -0.05) is 26.7 Å². The maximum Gasteiger partial charge on any atom is 0.261 e. The van der Waals surface area contributed by atoms with E-state index in [0.29, 0.717) is 18.6 Å². The molecule has 0 spiro atoms. The summed E-state index contributed by atoms with van der Waals surface area (Å²) in [5, 5.41) is 3.58. The Bertz CT molecular complexity index is 226. The zero-order valence-corrected chi connectivity index (χ0v) is 12.3. The van der Waals surface area contributed by atoms with Gasteiger partial charge in [0.1, 0.15) is 6.61 Å². The number of nitrogens with one attached hydrogen (secondary N) is 1. The van der Waals surface area contributed by atoms with Crippen LogP contribution in [-0.4, -0.2) is 32.2 Å². The summed E-state index contributed by atoms with van der Waals surface area (Å²) in [5.74, 6) is 1.48. The molecular weight excluding hydrogens is 248 g/mol. The molecule has 1 aliphatic rings. The smallest absolute Gasteiger partial charge is 0.261 e. The maximum atomic E-state index is 12.0. The van der Waals surface area contributed by atoms with Crippen LogP contribution in [0.15, 0.2) is 0 Å². The Kier molecular flexibility index (Phi) is 8.55. The lowest BCUT2D eigenvalue weighted by molar-refractivity contribution is 0.0117. The molecule has 0 radical (unpaired) electrons. The van der Waals surface area contributed by atoms with E-state index in [-0.39, 0.29) is 0 Å². The quantitative estimate of drug-likeness (QED) is 0.646. The van der Waals surface area contributed by atoms with E-state index in [2.05, 4.69) is 19.2 Å². The summed E-state index contributed by atoms with van der Waals surface area (Å²) in [7, 11) is 0. The van der Waals surface area contributed by atoms with Crippen LogP contribution in [0.25, 0.3) is 0 Å². The first kappa shape index (κ1) is 16.8. The van der Waals surface area contributed by atoms with Gasteiger partial charge in [0.15, 0.2) is 0 Å². The monoisotopic (exact) mass is 277 g/mol. The van der Waals surface area contributed by atoms with E-state index in [1.807, 2.05) is 0 Å². The summed E-state index contributed by atoms with van der Waals surface area (Å²) in [6.45, 7) is 5.49. The number of hydrogen-bond acceptors (Lipinski definition) is 2. The van der Waals surface area contributed by atoms with Crippen molar-refractivity contribution in [3.05, 3.63) is 0 Å². The van der Waals surface area contributed by atoms with Crippen LogP contribution < -0.4 is 5.32 Å². The molecule has 0 aromatic heterocycles. The van der Waals surface area contributed by atoms with E-state index in [1.54, 1.807) is 0 Å². The molecule has 0 bridgehead atoms. The molecule has 0 aromatic rings. The van der Waals surface area contributed by atoms with Crippen molar-refractivity contribution in [2.45, 2.75) is 64.8 Å². The summed E-state index contributed by atoms with van der Waals surface area (Å²) < 4.78 is 29.1. The van der Waals surface area contributed by atoms with Crippen molar-refractivity contribution in [2.24, 2.45) is 11.8 Å². The SMILES string of the molecule is CCCNC(CCOCC(F)F)C1CCCC(C)C1. The zero-order valence-electron chi connectivity index (χ0n) is 12.3. The van der Waals surface area contributed by atoms with E-state index < -0.39 is 13.0 Å². The Balaban J connectivity index is 2.32. The molecule has 3 atom stereocenters. The molecule has 1 N–H and O–H groups in total. The second-order valence-corrected chi connectivity index (χ2v) is 5.85. The maximum absolute atomic E-state index is 12.0. The summed E-state index contributed by atoms with van der Waals surface area (Å²) >= 11 is 0. The Morgan fingerprint density at radius 3 is 2.74 bits per heavy atom. The second kappa shape index (κ2) is 9.65. The first-order valence-electron chi connectivity index (χ1n) is 7.72. The minimum atomic E-state index is -2.35. The number of hydrogen-bond donors (Lipinski definition) is 1. The summed E-state index contributed by atoms with van der Waals surface area (Å²) in [4.78, 5) is 0. The predicted octanol–water partition coefficient (Wildman–Crippen LogP) is 3.85. The number of ether oxygens (including phenoxy) is 1. The van der Waals surface area contributed by atoms with E-state index in [1.165, 1.54) is 25.7 Å². The topological polar surface area (TPSA) is 21.3 Å². The molecule has 1 aliphatic carbocycles. The van der Waals surface area contributed by atoms with E-state index >= 15 is 0 Å². The molecule has 0 aliphatic heterocycles. The largest absolute Gasteiger partial charge is 0.375 e. The van der Waals surface area contributed by atoms with Gasteiger partial charge in [-0.3, -0.25) is 0 Å². The first-order chi connectivity index (χ1) is 9.13. The van der Waals surface area contributed by atoms with Gasteiger partial charge >= 0.3 is 0 Å². The third kappa shape index (κ3) is 7.21. The highest BCUT2D eigenvalue weighted by molar-refractivity contribution is 4.81. The molecule has 1 rings (SSSR count). The van der Waals surface area contributed by atoms with E-state index in [9.17, 15) is 8.78 Å². The molecule has 1 fully saturated rings. The normalized spacial score (nSPS) is 25.7. The molecule has 0 aromatic carbocycles. The van der Waals surface area contributed by atoms with Crippen molar-refractivity contribution >= 4 is 0 Å². The van der Waals surface area contributed by atoms with Crippen molar-refractivity contribution < 1.29 is 13.5 Å². The average molecular weight is 277 g/mol. The predicted molar refractivity (Wildman–Crippen MR) is 74.6 cm³/mol. The van der Waals surface area contributed by atoms with Gasteiger partial charge in [0, 0.05) is 12.6 Å². The van der Waals surface area contributed by atoms with E-state index in [0.717, 1.165) is 25.3 Å². The molecule has 0 amide bonds. The fourth-order valence-electron chi connectivity index (χ4n) is 3.06. The Morgan fingerprint density at radius 1 is 1.32 bits per heavy atom. The average Bonchev–Trinajstić information content (AvgIpc) is 2.37. The Labute approximate surface area is 116 Å². The highest BCUT2D eigenvalue weighted by atomic mass is 19.3. The third-order valence-electron chi connectivity index (χ3n) is 4.02. The lowest BCUT2D eigenvalue weighted by Gasteiger charge is -2.34. The molecule has 2 nitrogen and oxygen atoms in total. The van der Waals surface area contributed by atoms with Gasteiger partial charge in [0.25, 0.3) is 6.43 Å². The first-order valence-corrected chi connectivity index (χ1v) is 7.72. The van der Waals surface area contributed by atoms with Crippen LogP contribution >= 0.6 is 0 Å². The lowest BCUT2D eigenvalue weighted by atomic mass is 9.78. The van der Waals surface area contributed by atoms with Gasteiger partial charge in [0.2, 0.25) is 0 Å². The zero-order chi connectivity index (χ0) is 14.1. The minimum Gasteiger partial charge on any atom is -0.375 e. The van der Waals surface area contributed by atoms with Crippen molar-refractivity contribution in [1.82, 2.24) is 5.32 Å². The molecule has 3 unspecified atom stereocenters. The van der Waals surface area contributed by atoms with Gasteiger partial charge in [-0.25, -0.2) is 8.78 Å². The fraction of sp³-hybridized carbons (Fsp3) is 1.00.